The van der Waals surface area contributed by atoms with E-state index in [9.17, 15) is 4.79 Å². The molecule has 1 amide bonds. The second-order valence-corrected chi connectivity index (χ2v) is 8.90. The molecular formula is C23H32N2O2S. The smallest absolute Gasteiger partial charge is 0.258 e. The summed E-state index contributed by atoms with van der Waals surface area (Å²) < 4.78 is 5.89. The van der Waals surface area contributed by atoms with Gasteiger partial charge in [-0.2, -0.15) is 0 Å². The highest BCUT2D eigenvalue weighted by Crippen LogP contribution is 2.28. The lowest BCUT2D eigenvalue weighted by Crippen LogP contribution is -2.41. The molecule has 4 nitrogen and oxygen atoms in total. The second kappa shape index (κ2) is 10.1. The van der Waals surface area contributed by atoms with Gasteiger partial charge >= 0.3 is 0 Å². The quantitative estimate of drug-likeness (QED) is 0.685. The van der Waals surface area contributed by atoms with Crippen molar-refractivity contribution >= 4 is 17.2 Å². The number of amides is 1. The number of ether oxygens (including phenoxy) is 1. The normalized spacial score (nSPS) is 16.1. The van der Waals surface area contributed by atoms with Gasteiger partial charge in [-0.3, -0.25) is 9.69 Å². The van der Waals surface area contributed by atoms with E-state index in [2.05, 4.69) is 53.7 Å². The number of piperidine rings is 1. The van der Waals surface area contributed by atoms with Crippen molar-refractivity contribution in [3.8, 4) is 5.75 Å². The summed E-state index contributed by atoms with van der Waals surface area (Å²) in [6.07, 6.45) is 3.79. The number of carbonyl (C=O) groups excluding carboxylic acids is 1. The molecule has 28 heavy (non-hydrogen) atoms. The number of carbonyl (C=O) groups is 1. The molecule has 0 bridgehead atoms. The van der Waals surface area contributed by atoms with Gasteiger partial charge in [0.1, 0.15) is 5.75 Å². The second-order valence-electron chi connectivity index (χ2n) is 7.92. The Bertz CT molecular complexity index is 752. The molecule has 1 aromatic carbocycles. The highest BCUT2D eigenvalue weighted by Gasteiger charge is 2.23. The molecule has 1 aliphatic heterocycles. The lowest BCUT2D eigenvalue weighted by Gasteiger charge is -2.34. The van der Waals surface area contributed by atoms with Crippen molar-refractivity contribution in [2.75, 3.05) is 26.2 Å². The van der Waals surface area contributed by atoms with Crippen LogP contribution in [0.5, 0.6) is 5.75 Å². The number of hydrogen-bond acceptors (Lipinski definition) is 4. The lowest BCUT2D eigenvalue weighted by atomic mass is 10.0. The highest BCUT2D eigenvalue weighted by atomic mass is 32.1. The first-order chi connectivity index (χ1) is 13.5. The zero-order chi connectivity index (χ0) is 19.9. The van der Waals surface area contributed by atoms with Crippen LogP contribution in [0.25, 0.3) is 0 Å². The van der Waals surface area contributed by atoms with Crippen LogP contribution in [-0.2, 0) is 4.79 Å². The number of thiophene rings is 1. The van der Waals surface area contributed by atoms with E-state index in [1.54, 1.807) is 11.3 Å². The van der Waals surface area contributed by atoms with Crippen LogP contribution in [0.1, 0.15) is 61.1 Å². The fourth-order valence-electron chi connectivity index (χ4n) is 3.77. The summed E-state index contributed by atoms with van der Waals surface area (Å²) in [5.74, 6) is 1.12. The van der Waals surface area contributed by atoms with E-state index in [-0.39, 0.29) is 18.6 Å². The van der Waals surface area contributed by atoms with Crippen LogP contribution in [0.15, 0.2) is 35.7 Å². The molecule has 0 aliphatic carbocycles. The molecule has 3 rings (SSSR count). The fourth-order valence-corrected chi connectivity index (χ4v) is 4.63. The molecule has 5 heteroatoms. The SMILES string of the molecule is Cc1ccc(C(C)C)c(OCC(=O)NC[C@@H](c2cccs2)N2CCCCC2)c1. The summed E-state index contributed by atoms with van der Waals surface area (Å²) in [4.78, 5) is 16.3. The molecule has 0 saturated carbocycles. The summed E-state index contributed by atoms with van der Waals surface area (Å²) in [6, 6.07) is 10.7. The van der Waals surface area contributed by atoms with Crippen molar-refractivity contribution < 1.29 is 9.53 Å². The van der Waals surface area contributed by atoms with Crippen LogP contribution in [-0.4, -0.2) is 37.0 Å². The fraction of sp³-hybridized carbons (Fsp3) is 0.522. The predicted octanol–water partition coefficient (Wildman–Crippen LogP) is 4.90. The van der Waals surface area contributed by atoms with Crippen LogP contribution in [0.3, 0.4) is 0 Å². The molecule has 0 radical (unpaired) electrons. The Labute approximate surface area is 172 Å². The molecule has 1 fully saturated rings. The van der Waals surface area contributed by atoms with Gasteiger partial charge in [-0.05, 0) is 67.4 Å². The average Bonchev–Trinajstić information content (AvgIpc) is 3.21. The average molecular weight is 401 g/mol. The van der Waals surface area contributed by atoms with Crippen molar-refractivity contribution in [3.63, 3.8) is 0 Å². The van der Waals surface area contributed by atoms with Crippen LogP contribution >= 0.6 is 11.3 Å². The van der Waals surface area contributed by atoms with Gasteiger partial charge in [0.2, 0.25) is 0 Å². The van der Waals surface area contributed by atoms with Gasteiger partial charge in [-0.15, -0.1) is 11.3 Å². The minimum Gasteiger partial charge on any atom is -0.483 e. The van der Waals surface area contributed by atoms with E-state index >= 15 is 0 Å². The Hall–Kier alpha value is -1.85. The lowest BCUT2D eigenvalue weighted by molar-refractivity contribution is -0.123. The zero-order valence-corrected chi connectivity index (χ0v) is 18.1. The van der Waals surface area contributed by atoms with Crippen molar-refractivity contribution in [2.24, 2.45) is 0 Å². The Balaban J connectivity index is 1.57. The number of benzene rings is 1. The third kappa shape index (κ3) is 5.58. The van der Waals surface area contributed by atoms with Crippen LogP contribution in [0.2, 0.25) is 0 Å². The Morgan fingerprint density at radius 1 is 1.21 bits per heavy atom. The number of nitrogens with zero attached hydrogens (tertiary/aromatic N) is 1. The molecule has 1 aromatic heterocycles. The summed E-state index contributed by atoms with van der Waals surface area (Å²) in [5, 5.41) is 5.22. The van der Waals surface area contributed by atoms with E-state index in [0.29, 0.717) is 12.5 Å². The first kappa shape index (κ1) is 20.9. The maximum Gasteiger partial charge on any atom is 0.258 e. The largest absolute Gasteiger partial charge is 0.483 e. The van der Waals surface area contributed by atoms with Gasteiger partial charge in [0, 0.05) is 11.4 Å². The van der Waals surface area contributed by atoms with Gasteiger partial charge < -0.3 is 10.1 Å². The molecular weight excluding hydrogens is 368 g/mol. The van der Waals surface area contributed by atoms with Gasteiger partial charge in [-0.25, -0.2) is 0 Å². The van der Waals surface area contributed by atoms with Crippen molar-refractivity contribution in [3.05, 3.63) is 51.7 Å². The molecule has 1 saturated heterocycles. The summed E-state index contributed by atoms with van der Waals surface area (Å²) in [7, 11) is 0. The monoisotopic (exact) mass is 400 g/mol. The maximum absolute atomic E-state index is 12.5. The van der Waals surface area contributed by atoms with E-state index in [1.165, 1.54) is 24.1 Å². The Morgan fingerprint density at radius 3 is 2.68 bits per heavy atom. The molecule has 2 aromatic rings. The molecule has 152 valence electrons. The minimum absolute atomic E-state index is 0.0559. The van der Waals surface area contributed by atoms with E-state index in [0.717, 1.165) is 30.0 Å². The van der Waals surface area contributed by atoms with Crippen molar-refractivity contribution in [1.82, 2.24) is 10.2 Å². The first-order valence-electron chi connectivity index (χ1n) is 10.3. The van der Waals surface area contributed by atoms with Crippen LogP contribution in [0, 0.1) is 6.92 Å². The molecule has 0 unspecified atom stereocenters. The predicted molar refractivity (Wildman–Crippen MR) is 116 cm³/mol. The Kier molecular flexibility index (Phi) is 7.51. The minimum atomic E-state index is -0.0604. The molecule has 1 atom stereocenters. The number of likely N-dealkylation sites (tertiary alicyclic amines) is 1. The van der Waals surface area contributed by atoms with E-state index in [1.807, 2.05) is 13.0 Å². The maximum atomic E-state index is 12.5. The number of rotatable bonds is 8. The van der Waals surface area contributed by atoms with Crippen LogP contribution in [0.4, 0.5) is 0 Å². The van der Waals surface area contributed by atoms with E-state index < -0.39 is 0 Å². The molecule has 2 heterocycles. The highest BCUT2D eigenvalue weighted by molar-refractivity contribution is 7.10. The molecule has 1 aliphatic rings. The summed E-state index contributed by atoms with van der Waals surface area (Å²) in [5.41, 5.74) is 2.28. The molecule has 1 N–H and O–H groups in total. The summed E-state index contributed by atoms with van der Waals surface area (Å²) >= 11 is 1.77. The van der Waals surface area contributed by atoms with Crippen molar-refractivity contribution in [2.45, 2.75) is 52.0 Å². The third-order valence-electron chi connectivity index (χ3n) is 5.35. The van der Waals surface area contributed by atoms with Gasteiger partial charge in [0.15, 0.2) is 6.61 Å². The van der Waals surface area contributed by atoms with Gasteiger partial charge in [0.25, 0.3) is 5.91 Å². The van der Waals surface area contributed by atoms with Crippen molar-refractivity contribution in [1.29, 1.82) is 0 Å². The number of nitrogens with one attached hydrogen (secondary N) is 1. The summed E-state index contributed by atoms with van der Waals surface area (Å²) in [6.45, 7) is 9.23. The Morgan fingerprint density at radius 2 is 2.00 bits per heavy atom. The number of aryl methyl sites for hydroxylation is 1. The van der Waals surface area contributed by atoms with Gasteiger partial charge in [-0.1, -0.05) is 38.5 Å². The standard InChI is InChI=1S/C23H32N2O2S/c1-17(2)19-10-9-18(3)14-21(19)27-16-23(26)24-15-20(22-8-7-13-28-22)25-11-5-4-6-12-25/h7-10,13-14,17,20H,4-6,11-12,15-16H2,1-3H3,(H,24,26)/t20-/m0/s1. The van der Waals surface area contributed by atoms with Gasteiger partial charge in [0.05, 0.1) is 6.04 Å². The topological polar surface area (TPSA) is 41.6 Å². The first-order valence-corrected chi connectivity index (χ1v) is 11.2. The number of hydrogen-bond donors (Lipinski definition) is 1. The third-order valence-corrected chi connectivity index (χ3v) is 6.32. The molecule has 0 spiro atoms. The van der Waals surface area contributed by atoms with E-state index in [4.69, 9.17) is 4.74 Å². The van der Waals surface area contributed by atoms with Crippen LogP contribution < -0.4 is 10.1 Å². The zero-order valence-electron chi connectivity index (χ0n) is 17.2.